The normalized spacial score (nSPS) is 10.4. The molecule has 0 bridgehead atoms. The third kappa shape index (κ3) is 2.38. The number of hydrogen-bond donors (Lipinski definition) is 3. The molecule has 0 spiro atoms. The molecular weight excluding hydrogens is 230 g/mol. The average Bonchev–Trinajstić information content (AvgIpc) is 2.70. The van der Waals surface area contributed by atoms with Crippen LogP contribution in [0.3, 0.4) is 0 Å². The Hall–Kier alpha value is -2.21. The lowest BCUT2D eigenvalue weighted by atomic mass is 10.2. The van der Waals surface area contributed by atoms with E-state index in [0.29, 0.717) is 17.9 Å². The summed E-state index contributed by atoms with van der Waals surface area (Å²) in [5.41, 5.74) is 8.98. The fraction of sp³-hybridized carbons (Fsp3) is 0.250. The van der Waals surface area contributed by atoms with E-state index in [4.69, 9.17) is 5.73 Å². The summed E-state index contributed by atoms with van der Waals surface area (Å²) in [6.45, 7) is 4.08. The van der Waals surface area contributed by atoms with Gasteiger partial charge in [0, 0.05) is 12.7 Å². The third-order valence-corrected chi connectivity index (χ3v) is 2.66. The zero-order valence-electron chi connectivity index (χ0n) is 10.3. The Kier molecular flexibility index (Phi) is 3.38. The van der Waals surface area contributed by atoms with Crippen LogP contribution in [0.2, 0.25) is 0 Å². The Morgan fingerprint density at radius 2 is 2.22 bits per heavy atom. The van der Waals surface area contributed by atoms with Crippen molar-refractivity contribution in [2.75, 3.05) is 5.32 Å². The zero-order chi connectivity index (χ0) is 13.1. The van der Waals surface area contributed by atoms with Gasteiger partial charge in [-0.1, -0.05) is 6.07 Å². The summed E-state index contributed by atoms with van der Waals surface area (Å²) in [6.07, 6.45) is 1.60. The molecule has 0 aliphatic carbocycles. The molecule has 0 unspecified atom stereocenters. The number of aromatic amines is 1. The molecule has 0 saturated carbocycles. The van der Waals surface area contributed by atoms with Crippen molar-refractivity contribution in [2.45, 2.75) is 20.4 Å². The maximum Gasteiger partial charge on any atom is 0.274 e. The van der Waals surface area contributed by atoms with Crippen LogP contribution in [0.25, 0.3) is 0 Å². The lowest BCUT2D eigenvalue weighted by Gasteiger charge is -2.05. The average molecular weight is 245 g/mol. The molecule has 2 heterocycles. The van der Waals surface area contributed by atoms with Crippen LogP contribution in [0.1, 0.15) is 27.4 Å². The fourth-order valence-electron chi connectivity index (χ4n) is 1.59. The van der Waals surface area contributed by atoms with E-state index in [1.165, 1.54) is 0 Å². The summed E-state index contributed by atoms with van der Waals surface area (Å²) in [6, 6.07) is 3.44. The topological polar surface area (TPSA) is 96.7 Å². The molecule has 0 radical (unpaired) electrons. The molecule has 0 aromatic carbocycles. The molecule has 2 rings (SSSR count). The van der Waals surface area contributed by atoms with Gasteiger partial charge in [0.2, 0.25) is 0 Å². The highest BCUT2D eigenvalue weighted by molar-refractivity contribution is 6.03. The van der Waals surface area contributed by atoms with Crippen LogP contribution in [0, 0.1) is 13.8 Å². The summed E-state index contributed by atoms with van der Waals surface area (Å²) >= 11 is 0. The van der Waals surface area contributed by atoms with Gasteiger partial charge in [-0.15, -0.1) is 0 Å². The summed E-state index contributed by atoms with van der Waals surface area (Å²) in [7, 11) is 0. The van der Waals surface area contributed by atoms with Crippen LogP contribution >= 0.6 is 0 Å². The van der Waals surface area contributed by atoms with Crippen LogP contribution in [-0.2, 0) is 6.54 Å². The molecule has 94 valence electrons. The molecule has 0 aliphatic rings. The second-order valence-electron chi connectivity index (χ2n) is 4.02. The number of hydrogen-bond acceptors (Lipinski definition) is 4. The number of carbonyl (C=O) groups excluding carboxylic acids is 1. The highest BCUT2D eigenvalue weighted by Gasteiger charge is 2.12. The minimum absolute atomic E-state index is 0.258. The second kappa shape index (κ2) is 4.97. The van der Waals surface area contributed by atoms with Crippen molar-refractivity contribution in [1.82, 2.24) is 15.2 Å². The third-order valence-electron chi connectivity index (χ3n) is 2.66. The highest BCUT2D eigenvalue weighted by Crippen LogP contribution is 2.16. The predicted octanol–water partition coefficient (Wildman–Crippen LogP) is 1.13. The molecule has 4 N–H and O–H groups in total. The first-order valence-electron chi connectivity index (χ1n) is 5.59. The van der Waals surface area contributed by atoms with Crippen molar-refractivity contribution in [2.24, 2.45) is 5.73 Å². The molecule has 0 fully saturated rings. The Labute approximate surface area is 105 Å². The molecule has 6 heteroatoms. The Balaban J connectivity index is 2.17. The molecule has 2 aromatic rings. The van der Waals surface area contributed by atoms with Crippen LogP contribution in [0.15, 0.2) is 18.3 Å². The van der Waals surface area contributed by atoms with E-state index in [1.54, 1.807) is 18.3 Å². The highest BCUT2D eigenvalue weighted by atomic mass is 16.1. The first-order valence-corrected chi connectivity index (χ1v) is 5.59. The summed E-state index contributed by atoms with van der Waals surface area (Å²) in [4.78, 5) is 16.0. The van der Waals surface area contributed by atoms with Crippen molar-refractivity contribution in [3.8, 4) is 0 Å². The monoisotopic (exact) mass is 245 g/mol. The molecule has 0 atom stereocenters. The van der Waals surface area contributed by atoms with Gasteiger partial charge in [-0.25, -0.2) is 0 Å². The lowest BCUT2D eigenvalue weighted by molar-refractivity contribution is 0.102. The van der Waals surface area contributed by atoms with Gasteiger partial charge in [-0.2, -0.15) is 5.10 Å². The number of rotatable bonds is 3. The van der Waals surface area contributed by atoms with Crippen molar-refractivity contribution in [3.63, 3.8) is 0 Å². The summed E-state index contributed by atoms with van der Waals surface area (Å²) in [5, 5.41) is 9.61. The second-order valence-corrected chi connectivity index (χ2v) is 4.02. The minimum atomic E-state index is -0.258. The molecular formula is C12H15N5O. The maximum atomic E-state index is 12.0. The van der Waals surface area contributed by atoms with E-state index in [0.717, 1.165) is 17.0 Å². The lowest BCUT2D eigenvalue weighted by Crippen LogP contribution is -2.14. The van der Waals surface area contributed by atoms with Crippen molar-refractivity contribution >= 4 is 11.6 Å². The zero-order valence-corrected chi connectivity index (χ0v) is 10.3. The molecule has 1 amide bonds. The molecule has 18 heavy (non-hydrogen) atoms. The predicted molar refractivity (Wildman–Crippen MR) is 68.1 cm³/mol. The van der Waals surface area contributed by atoms with Gasteiger partial charge in [-0.05, 0) is 25.5 Å². The van der Waals surface area contributed by atoms with Gasteiger partial charge in [0.1, 0.15) is 5.69 Å². The van der Waals surface area contributed by atoms with Crippen LogP contribution < -0.4 is 11.1 Å². The number of nitrogens with zero attached hydrogens (tertiary/aromatic N) is 2. The van der Waals surface area contributed by atoms with E-state index in [1.807, 2.05) is 13.8 Å². The SMILES string of the molecule is Cc1n[nH]c(C)c1NC(=O)c1ccc(CN)cn1. The Morgan fingerprint density at radius 1 is 1.44 bits per heavy atom. The molecule has 0 saturated heterocycles. The maximum absolute atomic E-state index is 12.0. The van der Waals surface area contributed by atoms with E-state index in [2.05, 4.69) is 20.5 Å². The first-order chi connectivity index (χ1) is 8.61. The number of nitrogens with two attached hydrogens (primary N) is 1. The smallest absolute Gasteiger partial charge is 0.274 e. The number of aromatic nitrogens is 3. The molecule has 2 aromatic heterocycles. The first kappa shape index (κ1) is 12.3. The van der Waals surface area contributed by atoms with Gasteiger partial charge in [0.25, 0.3) is 5.91 Å². The van der Waals surface area contributed by atoms with Crippen LogP contribution in [-0.4, -0.2) is 21.1 Å². The number of pyridine rings is 1. The van der Waals surface area contributed by atoms with Gasteiger partial charge in [-0.3, -0.25) is 14.9 Å². The van der Waals surface area contributed by atoms with Crippen molar-refractivity contribution in [3.05, 3.63) is 41.0 Å². The number of aryl methyl sites for hydroxylation is 2. The van der Waals surface area contributed by atoms with Gasteiger partial charge in [0.05, 0.1) is 17.1 Å². The number of anilines is 1. The molecule has 6 nitrogen and oxygen atoms in total. The van der Waals surface area contributed by atoms with E-state index in [9.17, 15) is 4.79 Å². The number of nitrogens with one attached hydrogen (secondary N) is 2. The van der Waals surface area contributed by atoms with Crippen molar-refractivity contribution in [1.29, 1.82) is 0 Å². The molecule has 0 aliphatic heterocycles. The van der Waals surface area contributed by atoms with Crippen LogP contribution in [0.4, 0.5) is 5.69 Å². The van der Waals surface area contributed by atoms with E-state index < -0.39 is 0 Å². The fourth-order valence-corrected chi connectivity index (χ4v) is 1.59. The Bertz CT molecular complexity index is 539. The van der Waals surface area contributed by atoms with Gasteiger partial charge in [0.15, 0.2) is 0 Å². The number of carbonyl (C=O) groups is 1. The quantitative estimate of drug-likeness (QED) is 0.755. The van der Waals surface area contributed by atoms with Gasteiger partial charge < -0.3 is 11.1 Å². The standard InChI is InChI=1S/C12H15N5O/c1-7-11(8(2)17-16-7)15-12(18)10-4-3-9(5-13)6-14-10/h3-4,6H,5,13H2,1-2H3,(H,15,18)(H,16,17). The number of H-pyrrole nitrogens is 1. The van der Waals surface area contributed by atoms with Crippen LogP contribution in [0.5, 0.6) is 0 Å². The summed E-state index contributed by atoms with van der Waals surface area (Å²) < 4.78 is 0. The largest absolute Gasteiger partial charge is 0.326 e. The minimum Gasteiger partial charge on any atom is -0.326 e. The number of amides is 1. The van der Waals surface area contributed by atoms with Gasteiger partial charge >= 0.3 is 0 Å². The van der Waals surface area contributed by atoms with Crippen molar-refractivity contribution < 1.29 is 4.79 Å². The van der Waals surface area contributed by atoms with E-state index in [-0.39, 0.29) is 5.91 Å². The van der Waals surface area contributed by atoms with E-state index >= 15 is 0 Å². The Morgan fingerprint density at radius 3 is 2.72 bits per heavy atom. The summed E-state index contributed by atoms with van der Waals surface area (Å²) in [5.74, 6) is -0.258.